The molecule has 0 saturated carbocycles. The Bertz CT molecular complexity index is 128. The third kappa shape index (κ3) is 5.09. The highest BCUT2D eigenvalue weighted by atomic mass is 32.1. The number of nitrogens with one attached hydrogen (secondary N) is 1. The summed E-state index contributed by atoms with van der Waals surface area (Å²) < 4.78 is 4.94. The molecule has 0 spiro atoms. The monoisotopic (exact) mass is 177 g/mol. The maximum Gasteiger partial charge on any atom is 0.232 e. The van der Waals surface area contributed by atoms with Crippen LogP contribution in [0.2, 0.25) is 0 Å². The smallest absolute Gasteiger partial charge is 0.232 e. The molecular formula is C7H15NO2S. The SMILES string of the molecule is COC(C)CNC(=O)C(C)S. The molecule has 0 aliphatic carbocycles. The number of thiol groups is 1. The van der Waals surface area contributed by atoms with Gasteiger partial charge in [-0.25, -0.2) is 0 Å². The zero-order chi connectivity index (χ0) is 8.85. The molecule has 0 aliphatic heterocycles. The summed E-state index contributed by atoms with van der Waals surface area (Å²) in [4.78, 5) is 10.9. The predicted octanol–water partition coefficient (Wildman–Crippen LogP) is 0.456. The van der Waals surface area contributed by atoms with Gasteiger partial charge in [0, 0.05) is 13.7 Å². The van der Waals surface area contributed by atoms with Crippen LogP contribution in [0, 0.1) is 0 Å². The fourth-order valence-corrected chi connectivity index (χ4v) is 0.567. The summed E-state index contributed by atoms with van der Waals surface area (Å²) in [5.74, 6) is -0.0581. The Morgan fingerprint density at radius 3 is 2.55 bits per heavy atom. The molecule has 0 fully saturated rings. The highest BCUT2D eigenvalue weighted by Gasteiger charge is 2.07. The van der Waals surface area contributed by atoms with Gasteiger partial charge in [-0.1, -0.05) is 0 Å². The van der Waals surface area contributed by atoms with Crippen LogP contribution in [-0.2, 0) is 9.53 Å². The Morgan fingerprint density at radius 1 is 1.64 bits per heavy atom. The summed E-state index contributed by atoms with van der Waals surface area (Å²) in [6, 6.07) is 0. The van der Waals surface area contributed by atoms with Crippen LogP contribution in [0.4, 0.5) is 0 Å². The third-order valence-electron chi connectivity index (χ3n) is 1.35. The second kappa shape index (κ2) is 5.43. The number of ether oxygens (including phenoxy) is 1. The second-order valence-electron chi connectivity index (χ2n) is 2.47. The standard InChI is InChI=1S/C7H15NO2S/c1-5(10-3)4-8-7(9)6(2)11/h5-6,11H,4H2,1-3H3,(H,8,9). The summed E-state index contributed by atoms with van der Waals surface area (Å²) in [5.41, 5.74) is 0. The van der Waals surface area contributed by atoms with Crippen LogP contribution in [0.3, 0.4) is 0 Å². The van der Waals surface area contributed by atoms with Gasteiger partial charge in [0.1, 0.15) is 0 Å². The zero-order valence-electron chi connectivity index (χ0n) is 7.13. The van der Waals surface area contributed by atoms with Gasteiger partial charge in [-0.2, -0.15) is 12.6 Å². The zero-order valence-corrected chi connectivity index (χ0v) is 8.02. The van der Waals surface area contributed by atoms with Crippen molar-refractivity contribution in [1.82, 2.24) is 5.32 Å². The van der Waals surface area contributed by atoms with E-state index in [9.17, 15) is 4.79 Å². The molecule has 0 bridgehead atoms. The Kier molecular flexibility index (Phi) is 5.32. The van der Waals surface area contributed by atoms with E-state index in [1.54, 1.807) is 14.0 Å². The van der Waals surface area contributed by atoms with Crippen molar-refractivity contribution in [3.8, 4) is 0 Å². The minimum atomic E-state index is -0.251. The molecule has 2 unspecified atom stereocenters. The van der Waals surface area contributed by atoms with Gasteiger partial charge in [-0.05, 0) is 13.8 Å². The number of carbonyl (C=O) groups excluding carboxylic acids is 1. The number of hydrogen-bond acceptors (Lipinski definition) is 3. The van der Waals surface area contributed by atoms with Crippen LogP contribution in [0.5, 0.6) is 0 Å². The van der Waals surface area contributed by atoms with Gasteiger partial charge in [0.05, 0.1) is 11.4 Å². The molecule has 1 amide bonds. The first-order chi connectivity index (χ1) is 5.07. The van der Waals surface area contributed by atoms with E-state index in [2.05, 4.69) is 17.9 Å². The molecule has 0 aliphatic rings. The highest BCUT2D eigenvalue weighted by Crippen LogP contribution is 1.92. The van der Waals surface area contributed by atoms with Crippen molar-refractivity contribution in [3.63, 3.8) is 0 Å². The summed E-state index contributed by atoms with van der Waals surface area (Å²) in [6.45, 7) is 4.17. The Morgan fingerprint density at radius 2 is 2.18 bits per heavy atom. The van der Waals surface area contributed by atoms with Crippen LogP contribution in [0.1, 0.15) is 13.8 Å². The van der Waals surface area contributed by atoms with Crippen LogP contribution in [0.25, 0.3) is 0 Å². The van der Waals surface area contributed by atoms with Crippen molar-refractivity contribution in [3.05, 3.63) is 0 Å². The van der Waals surface area contributed by atoms with E-state index in [-0.39, 0.29) is 17.3 Å². The van der Waals surface area contributed by atoms with Crippen LogP contribution < -0.4 is 5.32 Å². The van der Waals surface area contributed by atoms with Crippen LogP contribution in [-0.4, -0.2) is 30.9 Å². The van der Waals surface area contributed by atoms with Gasteiger partial charge in [0.2, 0.25) is 5.91 Å². The van der Waals surface area contributed by atoms with Crippen molar-refractivity contribution >= 4 is 18.5 Å². The van der Waals surface area contributed by atoms with E-state index >= 15 is 0 Å². The Balaban J connectivity index is 3.46. The minimum Gasteiger partial charge on any atom is -0.380 e. The minimum absolute atomic E-state index is 0.0581. The molecule has 1 N–H and O–H groups in total. The molecule has 3 nitrogen and oxygen atoms in total. The molecule has 0 heterocycles. The van der Waals surface area contributed by atoms with Crippen molar-refractivity contribution in [2.45, 2.75) is 25.2 Å². The number of methoxy groups -OCH3 is 1. The summed E-state index contributed by atoms with van der Waals surface area (Å²) in [6.07, 6.45) is 0.0611. The maximum absolute atomic E-state index is 10.9. The van der Waals surface area contributed by atoms with E-state index in [4.69, 9.17) is 4.74 Å². The van der Waals surface area contributed by atoms with Gasteiger partial charge in [-0.3, -0.25) is 4.79 Å². The van der Waals surface area contributed by atoms with E-state index in [1.807, 2.05) is 6.92 Å². The summed E-state index contributed by atoms with van der Waals surface area (Å²) in [5, 5.41) is 2.44. The first kappa shape index (κ1) is 10.8. The molecule has 0 aromatic carbocycles. The van der Waals surface area contributed by atoms with Gasteiger partial charge >= 0.3 is 0 Å². The Labute approximate surface area is 72.9 Å². The Hall–Kier alpha value is -0.220. The molecular weight excluding hydrogens is 162 g/mol. The normalized spacial score (nSPS) is 15.6. The van der Waals surface area contributed by atoms with E-state index in [0.29, 0.717) is 6.54 Å². The quantitative estimate of drug-likeness (QED) is 0.612. The van der Waals surface area contributed by atoms with Crippen molar-refractivity contribution in [2.24, 2.45) is 0 Å². The van der Waals surface area contributed by atoms with Crippen LogP contribution in [0.15, 0.2) is 0 Å². The molecule has 0 radical (unpaired) electrons. The summed E-state index contributed by atoms with van der Waals surface area (Å²) in [7, 11) is 1.61. The van der Waals surface area contributed by atoms with E-state index in [0.717, 1.165) is 0 Å². The molecule has 0 rings (SSSR count). The molecule has 0 saturated heterocycles. The summed E-state index contributed by atoms with van der Waals surface area (Å²) >= 11 is 3.97. The van der Waals surface area contributed by atoms with Gasteiger partial charge in [-0.15, -0.1) is 0 Å². The molecule has 0 aromatic heterocycles. The fourth-order valence-electron chi connectivity index (χ4n) is 0.475. The number of rotatable bonds is 4. The predicted molar refractivity (Wildman–Crippen MR) is 47.9 cm³/mol. The molecule has 2 atom stereocenters. The number of amides is 1. The average Bonchev–Trinajstić information content (AvgIpc) is 1.99. The fraction of sp³-hybridized carbons (Fsp3) is 0.857. The van der Waals surface area contributed by atoms with E-state index in [1.165, 1.54) is 0 Å². The number of hydrogen-bond donors (Lipinski definition) is 2. The van der Waals surface area contributed by atoms with Crippen LogP contribution >= 0.6 is 12.6 Å². The lowest BCUT2D eigenvalue weighted by molar-refractivity contribution is -0.120. The lowest BCUT2D eigenvalue weighted by Gasteiger charge is -2.11. The average molecular weight is 177 g/mol. The molecule has 11 heavy (non-hydrogen) atoms. The van der Waals surface area contributed by atoms with Crippen molar-refractivity contribution < 1.29 is 9.53 Å². The first-order valence-corrected chi connectivity index (χ1v) is 4.08. The molecule has 0 aromatic rings. The lowest BCUT2D eigenvalue weighted by Crippen LogP contribution is -2.35. The molecule has 66 valence electrons. The van der Waals surface area contributed by atoms with Crippen molar-refractivity contribution in [1.29, 1.82) is 0 Å². The third-order valence-corrected chi connectivity index (χ3v) is 1.58. The second-order valence-corrected chi connectivity index (χ2v) is 3.24. The lowest BCUT2D eigenvalue weighted by atomic mass is 10.3. The van der Waals surface area contributed by atoms with Gasteiger partial charge in [0.25, 0.3) is 0 Å². The molecule has 4 heteroatoms. The largest absolute Gasteiger partial charge is 0.380 e. The first-order valence-electron chi connectivity index (χ1n) is 3.56. The van der Waals surface area contributed by atoms with Crippen molar-refractivity contribution in [2.75, 3.05) is 13.7 Å². The topological polar surface area (TPSA) is 38.3 Å². The number of carbonyl (C=O) groups is 1. The maximum atomic E-state index is 10.9. The highest BCUT2D eigenvalue weighted by molar-refractivity contribution is 7.81. The van der Waals surface area contributed by atoms with Gasteiger partial charge in [0.15, 0.2) is 0 Å². The van der Waals surface area contributed by atoms with Gasteiger partial charge < -0.3 is 10.1 Å². The van der Waals surface area contributed by atoms with E-state index < -0.39 is 0 Å².